The van der Waals surface area contributed by atoms with Gasteiger partial charge in [-0.1, -0.05) is 24.1 Å². The molecule has 5 heteroatoms. The zero-order valence-corrected chi connectivity index (χ0v) is 14.8. The molecular formula is C16H20BrClO3. The maximum Gasteiger partial charge on any atom is 0.315 e. The zero-order valence-electron chi connectivity index (χ0n) is 12.5. The van der Waals surface area contributed by atoms with Crippen LogP contribution in [0, 0.1) is 5.41 Å². The van der Waals surface area contributed by atoms with Crippen molar-refractivity contribution >= 4 is 33.5 Å². The second-order valence-corrected chi connectivity index (χ2v) is 7.85. The normalized spacial score (nSPS) is 18.8. The topological polar surface area (TPSA) is 46.5 Å². The van der Waals surface area contributed by atoms with Gasteiger partial charge in [0.25, 0.3) is 0 Å². The predicted octanol–water partition coefficient (Wildman–Crippen LogP) is 4.65. The van der Waals surface area contributed by atoms with Gasteiger partial charge in [0.2, 0.25) is 0 Å². The molecule has 2 rings (SSSR count). The summed E-state index contributed by atoms with van der Waals surface area (Å²) in [7, 11) is 0. The molecule has 0 radical (unpaired) electrons. The second kappa shape index (κ2) is 5.90. The van der Waals surface area contributed by atoms with Crippen LogP contribution < -0.4 is 0 Å². The van der Waals surface area contributed by atoms with Crippen LogP contribution in [0.5, 0.6) is 0 Å². The number of carbonyl (C=O) groups excluding carboxylic acids is 1. The summed E-state index contributed by atoms with van der Waals surface area (Å²) >= 11 is 9.32. The Hall–Kier alpha value is -0.580. The summed E-state index contributed by atoms with van der Waals surface area (Å²) in [5.41, 5.74) is -0.711. The molecule has 0 heterocycles. The summed E-state index contributed by atoms with van der Waals surface area (Å²) in [6.07, 6.45) is 1.33. The molecule has 0 spiro atoms. The number of esters is 1. The van der Waals surface area contributed by atoms with E-state index in [4.69, 9.17) is 16.3 Å². The fourth-order valence-electron chi connectivity index (χ4n) is 2.53. The van der Waals surface area contributed by atoms with Gasteiger partial charge in [-0.3, -0.25) is 4.79 Å². The number of aliphatic hydroxyl groups excluding tert-OH is 1. The van der Waals surface area contributed by atoms with Crippen LogP contribution in [0.25, 0.3) is 0 Å². The van der Waals surface area contributed by atoms with Crippen LogP contribution in [0.1, 0.15) is 51.7 Å². The third kappa shape index (κ3) is 3.43. The molecule has 0 aliphatic heterocycles. The van der Waals surface area contributed by atoms with E-state index in [1.807, 2.05) is 20.8 Å². The first kappa shape index (κ1) is 16.8. The molecule has 21 heavy (non-hydrogen) atoms. The molecule has 1 aliphatic carbocycles. The molecule has 116 valence electrons. The zero-order chi connectivity index (χ0) is 15.8. The Kier molecular flexibility index (Phi) is 4.72. The highest BCUT2D eigenvalue weighted by atomic mass is 79.9. The van der Waals surface area contributed by atoms with E-state index < -0.39 is 17.1 Å². The molecular weight excluding hydrogens is 356 g/mol. The number of carbonyl (C=O) groups is 1. The maximum atomic E-state index is 12.5. The van der Waals surface area contributed by atoms with Crippen molar-refractivity contribution in [3.8, 4) is 0 Å². The Bertz CT molecular complexity index is 547. The van der Waals surface area contributed by atoms with Crippen LogP contribution in [0.15, 0.2) is 22.7 Å². The van der Waals surface area contributed by atoms with Crippen LogP contribution >= 0.6 is 27.5 Å². The van der Waals surface area contributed by atoms with Crippen LogP contribution in [0.4, 0.5) is 0 Å². The number of aliphatic hydroxyl groups is 1. The van der Waals surface area contributed by atoms with Crippen LogP contribution in [-0.2, 0) is 9.53 Å². The van der Waals surface area contributed by atoms with Crippen molar-refractivity contribution in [1.29, 1.82) is 0 Å². The van der Waals surface area contributed by atoms with E-state index in [1.54, 1.807) is 18.2 Å². The second-order valence-electron chi connectivity index (χ2n) is 6.59. The van der Waals surface area contributed by atoms with Gasteiger partial charge in [0.05, 0.1) is 16.5 Å². The summed E-state index contributed by atoms with van der Waals surface area (Å²) in [6.45, 7) is 5.51. The molecule has 1 fully saturated rings. The minimum atomic E-state index is -0.880. The summed E-state index contributed by atoms with van der Waals surface area (Å²) in [6, 6.07) is 5.23. The van der Waals surface area contributed by atoms with Gasteiger partial charge in [-0.15, -0.1) is 0 Å². The average Bonchev–Trinajstić information content (AvgIpc) is 2.28. The highest BCUT2D eigenvalue weighted by Gasteiger charge is 2.52. The van der Waals surface area contributed by atoms with Crippen molar-refractivity contribution in [2.45, 2.75) is 51.7 Å². The van der Waals surface area contributed by atoms with E-state index in [1.165, 1.54) is 0 Å². The predicted molar refractivity (Wildman–Crippen MR) is 86.2 cm³/mol. The van der Waals surface area contributed by atoms with Crippen molar-refractivity contribution in [1.82, 2.24) is 0 Å². The third-order valence-corrected chi connectivity index (χ3v) is 5.05. The van der Waals surface area contributed by atoms with E-state index in [0.29, 0.717) is 27.9 Å². The van der Waals surface area contributed by atoms with E-state index in [-0.39, 0.29) is 5.97 Å². The number of rotatable bonds is 3. The summed E-state index contributed by atoms with van der Waals surface area (Å²) in [5.74, 6) is -0.320. The minimum absolute atomic E-state index is 0.320. The standard InChI is InChI=1S/C16H20BrClO3/c1-15(2,3)21-14(20)16(7-4-8-16)13(19)10-5-6-12(18)11(17)9-10/h5-6,9,13,19H,4,7-8H2,1-3H3. The van der Waals surface area contributed by atoms with Crippen molar-refractivity contribution in [3.05, 3.63) is 33.3 Å². The Morgan fingerprint density at radius 2 is 2.05 bits per heavy atom. The van der Waals surface area contributed by atoms with Crippen LogP contribution in [0.2, 0.25) is 5.02 Å². The Labute approximate surface area is 138 Å². The molecule has 1 aromatic carbocycles. The smallest absolute Gasteiger partial charge is 0.315 e. The first-order valence-electron chi connectivity index (χ1n) is 7.02. The number of hydrogen-bond acceptors (Lipinski definition) is 3. The molecule has 1 N–H and O–H groups in total. The molecule has 0 amide bonds. The van der Waals surface area contributed by atoms with Gasteiger partial charge in [-0.2, -0.15) is 0 Å². The lowest BCUT2D eigenvalue weighted by atomic mass is 9.63. The molecule has 1 aromatic rings. The van der Waals surface area contributed by atoms with E-state index >= 15 is 0 Å². The first-order chi connectivity index (χ1) is 9.66. The molecule has 0 bridgehead atoms. The van der Waals surface area contributed by atoms with Gasteiger partial charge in [0.1, 0.15) is 5.60 Å². The number of halogens is 2. The van der Waals surface area contributed by atoms with Crippen molar-refractivity contribution in [2.24, 2.45) is 5.41 Å². The highest BCUT2D eigenvalue weighted by molar-refractivity contribution is 9.10. The Morgan fingerprint density at radius 3 is 2.48 bits per heavy atom. The fraction of sp³-hybridized carbons (Fsp3) is 0.562. The molecule has 1 unspecified atom stereocenters. The van der Waals surface area contributed by atoms with Gasteiger partial charge in [0.15, 0.2) is 0 Å². The quantitative estimate of drug-likeness (QED) is 0.782. The van der Waals surface area contributed by atoms with E-state index in [0.717, 1.165) is 6.42 Å². The SMILES string of the molecule is CC(C)(C)OC(=O)C1(C(O)c2ccc(Cl)c(Br)c2)CCC1. The van der Waals surface area contributed by atoms with Gasteiger partial charge in [-0.25, -0.2) is 0 Å². The average molecular weight is 376 g/mol. The van der Waals surface area contributed by atoms with Crippen LogP contribution in [-0.4, -0.2) is 16.7 Å². The Morgan fingerprint density at radius 1 is 1.43 bits per heavy atom. The fourth-order valence-corrected chi connectivity index (χ4v) is 3.04. The van der Waals surface area contributed by atoms with Gasteiger partial charge in [0, 0.05) is 4.47 Å². The van der Waals surface area contributed by atoms with Crippen molar-refractivity contribution in [3.63, 3.8) is 0 Å². The minimum Gasteiger partial charge on any atom is -0.459 e. The molecule has 1 atom stereocenters. The summed E-state index contributed by atoms with van der Waals surface area (Å²) < 4.78 is 6.21. The monoisotopic (exact) mass is 374 g/mol. The largest absolute Gasteiger partial charge is 0.459 e. The van der Waals surface area contributed by atoms with E-state index in [9.17, 15) is 9.90 Å². The number of benzene rings is 1. The van der Waals surface area contributed by atoms with Gasteiger partial charge in [-0.05, 0) is 67.2 Å². The van der Waals surface area contributed by atoms with E-state index in [2.05, 4.69) is 15.9 Å². The van der Waals surface area contributed by atoms with Crippen LogP contribution in [0.3, 0.4) is 0 Å². The lowest BCUT2D eigenvalue weighted by Crippen LogP contribution is -2.46. The van der Waals surface area contributed by atoms with Gasteiger partial charge >= 0.3 is 5.97 Å². The lowest BCUT2D eigenvalue weighted by molar-refractivity contribution is -0.184. The lowest BCUT2D eigenvalue weighted by Gasteiger charge is -2.44. The number of hydrogen-bond donors (Lipinski definition) is 1. The van der Waals surface area contributed by atoms with Gasteiger partial charge < -0.3 is 9.84 Å². The Balaban J connectivity index is 2.27. The number of ether oxygens (including phenoxy) is 1. The summed E-state index contributed by atoms with van der Waals surface area (Å²) in [5, 5.41) is 11.3. The third-order valence-electron chi connectivity index (χ3n) is 3.83. The summed E-state index contributed by atoms with van der Waals surface area (Å²) in [4.78, 5) is 12.5. The molecule has 1 saturated carbocycles. The molecule has 1 aliphatic rings. The van der Waals surface area contributed by atoms with Crippen molar-refractivity contribution in [2.75, 3.05) is 0 Å². The first-order valence-corrected chi connectivity index (χ1v) is 8.19. The molecule has 0 saturated heterocycles. The maximum absolute atomic E-state index is 12.5. The highest BCUT2D eigenvalue weighted by Crippen LogP contribution is 2.52. The van der Waals surface area contributed by atoms with Crippen molar-refractivity contribution < 1.29 is 14.6 Å². The molecule has 0 aromatic heterocycles. The molecule has 3 nitrogen and oxygen atoms in total.